The molecule has 0 rings (SSSR count). The molecule has 0 saturated heterocycles. The number of aliphatic carboxylic acids is 3. The Labute approximate surface area is 162 Å². The van der Waals surface area contributed by atoms with Crippen molar-refractivity contribution in [1.82, 2.24) is 0 Å². The molecule has 0 heterocycles. The predicted octanol–water partition coefficient (Wildman–Crippen LogP) is -12.8. The number of hydrogen-bond acceptors (Lipinski definition) is 9. The smallest absolute Gasteiger partial charge is 0.548 e. The molecule has 90 valence electrons. The van der Waals surface area contributed by atoms with Crippen LogP contribution in [0.3, 0.4) is 0 Å². The first-order chi connectivity index (χ1) is 6.81. The first-order valence-corrected chi connectivity index (χ1v) is 3.23. The molecule has 0 atom stereocenters. The van der Waals surface area contributed by atoms with Crippen LogP contribution in [0.1, 0.15) is 0 Å². The van der Waals surface area contributed by atoms with E-state index in [1.807, 2.05) is 0 Å². The van der Waals surface area contributed by atoms with Crippen molar-refractivity contribution in [2.45, 2.75) is 0 Å². The maximum absolute atomic E-state index is 9.01. The first-order valence-electron chi connectivity index (χ1n) is 3.23. The Hall–Kier alpha value is 1.00. The van der Waals surface area contributed by atoms with Crippen LogP contribution in [0.25, 0.3) is 0 Å². The van der Waals surface area contributed by atoms with Crippen molar-refractivity contribution in [3.05, 3.63) is 0 Å². The monoisotopic (exact) mass is 319 g/mol. The van der Waals surface area contributed by atoms with E-state index < -0.39 is 37.7 Å². The molecule has 0 amide bonds. The molecule has 0 aliphatic rings. The van der Waals surface area contributed by atoms with Gasteiger partial charge < -0.3 is 45.0 Å². The molecule has 0 radical (unpaired) electrons. The number of carboxylic acids is 3. The molecule has 3 N–H and O–H groups in total. The average molecular weight is 319 g/mol. The number of carboxylic acid groups (broad SMARTS) is 3. The first kappa shape index (κ1) is 36.4. The second kappa shape index (κ2) is 30.8. The summed E-state index contributed by atoms with van der Waals surface area (Å²) in [7, 11) is 0. The van der Waals surface area contributed by atoms with Crippen LogP contribution in [0.15, 0.2) is 0 Å². The third-order valence-corrected chi connectivity index (χ3v) is 0.387. The average Bonchev–Trinajstić information content (AvgIpc) is 2.19. The Morgan fingerprint density at radius 2 is 0.722 bits per heavy atom. The minimum atomic E-state index is -1.44. The van der Waals surface area contributed by atoms with Crippen LogP contribution in [0.2, 0.25) is 0 Å². The van der Waals surface area contributed by atoms with Gasteiger partial charge in [0.25, 0.3) is 0 Å². The fourth-order valence-corrected chi connectivity index (χ4v) is 0. The van der Waals surface area contributed by atoms with Crippen molar-refractivity contribution in [2.75, 3.05) is 19.8 Å². The molecule has 0 aliphatic heterocycles. The van der Waals surface area contributed by atoms with Gasteiger partial charge in [0.15, 0.2) is 0 Å². The van der Waals surface area contributed by atoms with Crippen molar-refractivity contribution in [3.63, 3.8) is 0 Å². The molecule has 0 fully saturated rings. The van der Waals surface area contributed by atoms with Crippen LogP contribution in [-0.2, 0) is 36.1 Å². The maximum Gasteiger partial charge on any atom is 4.00 e. The zero-order valence-corrected chi connectivity index (χ0v) is 15.5. The zero-order valence-electron chi connectivity index (χ0n) is 9.91. The third-order valence-electron chi connectivity index (χ3n) is 0.387. The quantitative estimate of drug-likeness (QED) is 0.425. The molecular formula is C6H9Na2O9Ti+3. The van der Waals surface area contributed by atoms with E-state index >= 15 is 0 Å². The Morgan fingerprint density at radius 1 is 0.667 bits per heavy atom. The summed E-state index contributed by atoms with van der Waals surface area (Å²) in [4.78, 5) is 27.0. The van der Waals surface area contributed by atoms with E-state index in [1.54, 1.807) is 0 Å². The minimum Gasteiger partial charge on any atom is -0.548 e. The summed E-state index contributed by atoms with van der Waals surface area (Å²) in [5.74, 6) is -4.32. The zero-order chi connectivity index (χ0) is 12.9. The number of hydrogen-bond donors (Lipinski definition) is 3. The van der Waals surface area contributed by atoms with Crippen molar-refractivity contribution >= 4 is 17.9 Å². The number of rotatable bonds is 3. The molecule has 0 unspecified atom stereocenters. The standard InChI is InChI=1S/3C2H4O3.2Na.Ti/c3*3-1-2(4)5;;;/h3*3H,1H2,(H,4,5);;;/q;;;2*+1;+4/p-3. The van der Waals surface area contributed by atoms with Gasteiger partial charge in [0.05, 0.1) is 37.7 Å². The van der Waals surface area contributed by atoms with E-state index in [1.165, 1.54) is 0 Å². The fraction of sp³-hybridized carbons (Fsp3) is 0.500. The number of aliphatic hydroxyl groups is 3. The second-order valence-corrected chi connectivity index (χ2v) is 1.59. The van der Waals surface area contributed by atoms with Crippen LogP contribution in [0.4, 0.5) is 0 Å². The molecule has 9 nitrogen and oxygen atoms in total. The Kier molecular flexibility index (Phi) is 62.3. The second-order valence-electron chi connectivity index (χ2n) is 1.59. The molecule has 12 heteroatoms. The minimum absolute atomic E-state index is 0. The van der Waals surface area contributed by atoms with Crippen LogP contribution < -0.4 is 74.4 Å². The SMILES string of the molecule is O=C([O-])CO.O=C([O-])CO.O=C([O-])CO.[Na+].[Na+].[Ti+4]. The van der Waals surface area contributed by atoms with Gasteiger partial charge in [-0.05, 0) is 0 Å². The van der Waals surface area contributed by atoms with Crippen molar-refractivity contribution < 1.29 is 126 Å². The van der Waals surface area contributed by atoms with Crippen LogP contribution in [0, 0.1) is 0 Å². The third kappa shape index (κ3) is 88.8. The van der Waals surface area contributed by atoms with E-state index in [2.05, 4.69) is 0 Å². The molecule has 0 saturated carbocycles. The fourth-order valence-electron chi connectivity index (χ4n) is 0. The van der Waals surface area contributed by atoms with Gasteiger partial charge in [-0.2, -0.15) is 0 Å². The van der Waals surface area contributed by atoms with Gasteiger partial charge in [0, 0.05) is 0 Å². The van der Waals surface area contributed by atoms with Gasteiger partial charge >= 0.3 is 80.8 Å². The van der Waals surface area contributed by atoms with Crippen molar-refractivity contribution in [1.29, 1.82) is 0 Å². The Morgan fingerprint density at radius 3 is 0.722 bits per heavy atom. The van der Waals surface area contributed by atoms with Crippen LogP contribution in [0.5, 0.6) is 0 Å². The van der Waals surface area contributed by atoms with E-state index in [0.717, 1.165) is 0 Å². The van der Waals surface area contributed by atoms with E-state index in [4.69, 9.17) is 45.0 Å². The molecule has 0 aromatic carbocycles. The number of carbonyl (C=O) groups excluding carboxylic acids is 3. The van der Waals surface area contributed by atoms with Gasteiger partial charge in [-0.25, -0.2) is 0 Å². The summed E-state index contributed by atoms with van der Waals surface area (Å²) < 4.78 is 0. The summed E-state index contributed by atoms with van der Waals surface area (Å²) in [6, 6.07) is 0. The summed E-state index contributed by atoms with van der Waals surface area (Å²) in [6.07, 6.45) is 0. The van der Waals surface area contributed by atoms with Gasteiger partial charge in [-0.3, -0.25) is 0 Å². The van der Waals surface area contributed by atoms with E-state index in [0.29, 0.717) is 0 Å². The van der Waals surface area contributed by atoms with Crippen LogP contribution in [-0.4, -0.2) is 53.0 Å². The predicted molar refractivity (Wildman–Crippen MR) is 36.3 cm³/mol. The molecule has 0 aliphatic carbocycles. The van der Waals surface area contributed by atoms with Gasteiger partial charge in [0.1, 0.15) is 0 Å². The number of aliphatic hydroxyl groups excluding tert-OH is 3. The van der Waals surface area contributed by atoms with Crippen molar-refractivity contribution in [3.8, 4) is 0 Å². The number of carbonyl (C=O) groups is 3. The van der Waals surface area contributed by atoms with Gasteiger partial charge in [0.2, 0.25) is 0 Å². The Bertz CT molecular complexity index is 168. The van der Waals surface area contributed by atoms with E-state index in [-0.39, 0.29) is 80.8 Å². The summed E-state index contributed by atoms with van der Waals surface area (Å²) in [5, 5.41) is 49.5. The summed E-state index contributed by atoms with van der Waals surface area (Å²) >= 11 is 0. The van der Waals surface area contributed by atoms with Gasteiger partial charge in [-0.1, -0.05) is 0 Å². The maximum atomic E-state index is 9.01. The summed E-state index contributed by atoms with van der Waals surface area (Å²) in [5.41, 5.74) is 0. The molecular weight excluding hydrogens is 310 g/mol. The molecule has 18 heavy (non-hydrogen) atoms. The van der Waals surface area contributed by atoms with Crippen LogP contribution >= 0.6 is 0 Å². The normalized spacial score (nSPS) is 6.17. The Balaban J connectivity index is -0.0000000277. The summed E-state index contributed by atoms with van der Waals surface area (Å²) in [6.45, 7) is -2.67. The van der Waals surface area contributed by atoms with Crippen molar-refractivity contribution in [2.24, 2.45) is 0 Å². The topological polar surface area (TPSA) is 181 Å². The molecule has 0 bridgehead atoms. The molecule has 0 aromatic heterocycles. The van der Waals surface area contributed by atoms with Gasteiger partial charge in [-0.15, -0.1) is 0 Å². The van der Waals surface area contributed by atoms with E-state index in [9.17, 15) is 0 Å². The molecule has 0 aromatic rings. The molecule has 0 spiro atoms. The largest absolute Gasteiger partial charge is 4.00 e.